The third-order valence-electron chi connectivity index (χ3n) is 3.70. The van der Waals surface area contributed by atoms with E-state index in [1.165, 1.54) is 6.07 Å². The van der Waals surface area contributed by atoms with Crippen molar-refractivity contribution in [1.82, 2.24) is 15.1 Å². The van der Waals surface area contributed by atoms with Gasteiger partial charge in [-0.2, -0.15) is 5.10 Å². The van der Waals surface area contributed by atoms with E-state index in [9.17, 15) is 9.50 Å². The molecule has 0 amide bonds. The minimum Gasteiger partial charge on any atom is -0.394 e. The van der Waals surface area contributed by atoms with Crippen LogP contribution in [0.4, 0.5) is 4.39 Å². The number of nitrogens with one attached hydrogen (secondary N) is 1. The molecular weight excluding hydrogens is 293 g/mol. The summed E-state index contributed by atoms with van der Waals surface area (Å²) in [5.74, 6) is -0.315. The Hall–Kier alpha value is -2.50. The maximum absolute atomic E-state index is 13.8. The van der Waals surface area contributed by atoms with Crippen molar-refractivity contribution in [2.75, 3.05) is 6.61 Å². The predicted molar refractivity (Wildman–Crippen MR) is 86.6 cm³/mol. The first-order valence-corrected chi connectivity index (χ1v) is 7.45. The van der Waals surface area contributed by atoms with Crippen LogP contribution in [0.5, 0.6) is 0 Å². The van der Waals surface area contributed by atoms with Gasteiger partial charge in [-0.25, -0.2) is 9.07 Å². The van der Waals surface area contributed by atoms with E-state index in [2.05, 4.69) is 10.4 Å². The second kappa shape index (κ2) is 7.17. The number of benzene rings is 2. The van der Waals surface area contributed by atoms with Crippen molar-refractivity contribution in [3.8, 4) is 5.69 Å². The molecule has 4 nitrogen and oxygen atoms in total. The van der Waals surface area contributed by atoms with Crippen LogP contribution >= 0.6 is 0 Å². The molecule has 0 unspecified atom stereocenters. The Bertz CT molecular complexity index is 758. The van der Waals surface area contributed by atoms with Crippen LogP contribution in [0, 0.1) is 5.82 Å². The number of hydrogen-bond donors (Lipinski definition) is 2. The Balaban J connectivity index is 1.72. The van der Waals surface area contributed by atoms with Gasteiger partial charge in [0.1, 0.15) is 5.82 Å². The minimum absolute atomic E-state index is 0.167. The highest BCUT2D eigenvalue weighted by atomic mass is 19.1. The summed E-state index contributed by atoms with van der Waals surface area (Å²) in [6.07, 6.45) is 3.60. The van der Waals surface area contributed by atoms with Crippen LogP contribution in [0.3, 0.4) is 0 Å². The van der Waals surface area contributed by atoms with Crippen molar-refractivity contribution in [1.29, 1.82) is 0 Å². The molecule has 5 heteroatoms. The Morgan fingerprint density at radius 1 is 1.13 bits per heavy atom. The van der Waals surface area contributed by atoms with Gasteiger partial charge in [0.15, 0.2) is 0 Å². The van der Waals surface area contributed by atoms with Gasteiger partial charge >= 0.3 is 0 Å². The fourth-order valence-corrected chi connectivity index (χ4v) is 2.50. The van der Waals surface area contributed by atoms with Gasteiger partial charge in [0.25, 0.3) is 0 Å². The maximum atomic E-state index is 13.8. The summed E-state index contributed by atoms with van der Waals surface area (Å²) in [6.45, 7) is 0.356. The van der Waals surface area contributed by atoms with Gasteiger partial charge in [0.05, 0.1) is 18.3 Å². The Morgan fingerprint density at radius 2 is 2.00 bits per heavy atom. The normalized spacial score (nSPS) is 12.3. The molecule has 0 saturated carbocycles. The number of aliphatic hydroxyl groups excluding tert-OH is 1. The highest BCUT2D eigenvalue weighted by Crippen LogP contribution is 2.17. The Labute approximate surface area is 134 Å². The molecule has 1 atom stereocenters. The standard InChI is InChI=1S/C18H18FN3O/c19-17-8-2-1-7-16(17)18(13-23)20-12-14-5-3-6-15(11-14)22-10-4-9-21-22/h1-11,18,20,23H,12-13H2/t18-/m0/s1. The van der Waals surface area contributed by atoms with Crippen molar-refractivity contribution in [2.45, 2.75) is 12.6 Å². The highest BCUT2D eigenvalue weighted by molar-refractivity contribution is 5.35. The lowest BCUT2D eigenvalue weighted by atomic mass is 10.1. The lowest BCUT2D eigenvalue weighted by molar-refractivity contribution is 0.240. The maximum Gasteiger partial charge on any atom is 0.128 e. The fraction of sp³-hybridized carbons (Fsp3) is 0.167. The SMILES string of the molecule is OC[C@H](NCc1cccc(-n2cccn2)c1)c1ccccc1F. The van der Waals surface area contributed by atoms with Crippen LogP contribution in [0.15, 0.2) is 67.0 Å². The Morgan fingerprint density at radius 3 is 2.74 bits per heavy atom. The molecule has 1 aromatic heterocycles. The molecule has 3 aromatic rings. The largest absolute Gasteiger partial charge is 0.394 e. The van der Waals surface area contributed by atoms with Gasteiger partial charge in [-0.1, -0.05) is 30.3 Å². The highest BCUT2D eigenvalue weighted by Gasteiger charge is 2.13. The average Bonchev–Trinajstić information content (AvgIpc) is 3.12. The van der Waals surface area contributed by atoms with E-state index in [0.29, 0.717) is 12.1 Å². The first kappa shape index (κ1) is 15.4. The molecular formula is C18H18FN3O. The van der Waals surface area contributed by atoms with E-state index >= 15 is 0 Å². The number of aromatic nitrogens is 2. The van der Waals surface area contributed by atoms with Gasteiger partial charge in [-0.05, 0) is 29.8 Å². The summed E-state index contributed by atoms with van der Waals surface area (Å²) in [7, 11) is 0. The molecule has 3 rings (SSSR count). The third-order valence-corrected chi connectivity index (χ3v) is 3.70. The van der Waals surface area contributed by atoms with Gasteiger partial charge in [-0.3, -0.25) is 0 Å². The number of hydrogen-bond acceptors (Lipinski definition) is 3. The first-order valence-electron chi connectivity index (χ1n) is 7.45. The van der Waals surface area contributed by atoms with Gasteiger partial charge < -0.3 is 10.4 Å². The molecule has 0 fully saturated rings. The zero-order valence-corrected chi connectivity index (χ0v) is 12.6. The summed E-state index contributed by atoms with van der Waals surface area (Å²) in [6, 6.07) is 15.8. The number of rotatable bonds is 6. The van der Waals surface area contributed by atoms with Crippen molar-refractivity contribution < 1.29 is 9.50 Å². The van der Waals surface area contributed by atoms with Crippen LogP contribution in [0.25, 0.3) is 5.69 Å². The monoisotopic (exact) mass is 311 g/mol. The molecule has 2 aromatic carbocycles. The summed E-state index contributed by atoms with van der Waals surface area (Å²) in [5, 5.41) is 16.9. The van der Waals surface area contributed by atoms with Crippen LogP contribution in [-0.4, -0.2) is 21.5 Å². The van der Waals surface area contributed by atoms with Crippen LogP contribution < -0.4 is 5.32 Å². The molecule has 2 N–H and O–H groups in total. The van der Waals surface area contributed by atoms with Crippen LogP contribution in [0.1, 0.15) is 17.2 Å². The van der Waals surface area contributed by atoms with Crippen LogP contribution in [0.2, 0.25) is 0 Å². The van der Waals surface area contributed by atoms with E-state index in [1.54, 1.807) is 29.1 Å². The molecule has 0 aliphatic rings. The number of halogens is 1. The molecule has 0 bridgehead atoms. The van der Waals surface area contributed by atoms with Crippen molar-refractivity contribution in [3.63, 3.8) is 0 Å². The first-order chi connectivity index (χ1) is 11.3. The lowest BCUT2D eigenvalue weighted by Gasteiger charge is -2.17. The molecule has 118 valence electrons. The van der Waals surface area contributed by atoms with E-state index in [0.717, 1.165) is 11.3 Å². The fourth-order valence-electron chi connectivity index (χ4n) is 2.50. The zero-order chi connectivity index (χ0) is 16.1. The van der Waals surface area contributed by atoms with Crippen molar-refractivity contribution >= 4 is 0 Å². The molecule has 0 radical (unpaired) electrons. The topological polar surface area (TPSA) is 50.1 Å². The van der Waals surface area contributed by atoms with E-state index in [-0.39, 0.29) is 12.4 Å². The molecule has 23 heavy (non-hydrogen) atoms. The molecule has 0 spiro atoms. The molecule has 0 aliphatic carbocycles. The summed E-state index contributed by atoms with van der Waals surface area (Å²) < 4.78 is 15.6. The zero-order valence-electron chi connectivity index (χ0n) is 12.6. The van der Waals surface area contributed by atoms with Crippen LogP contribution in [-0.2, 0) is 6.54 Å². The quantitative estimate of drug-likeness (QED) is 0.736. The predicted octanol–water partition coefficient (Wildman–Crippen LogP) is 2.83. The second-order valence-corrected chi connectivity index (χ2v) is 5.26. The third kappa shape index (κ3) is 3.64. The summed E-state index contributed by atoms with van der Waals surface area (Å²) >= 11 is 0. The van der Waals surface area contributed by atoms with Gasteiger partial charge in [0, 0.05) is 24.5 Å². The minimum atomic E-state index is -0.440. The summed E-state index contributed by atoms with van der Waals surface area (Å²) in [5.41, 5.74) is 2.46. The van der Waals surface area contributed by atoms with Gasteiger partial charge in [-0.15, -0.1) is 0 Å². The van der Waals surface area contributed by atoms with E-state index in [1.807, 2.05) is 36.5 Å². The molecule has 0 aliphatic heterocycles. The molecule has 0 saturated heterocycles. The van der Waals surface area contributed by atoms with Gasteiger partial charge in [0.2, 0.25) is 0 Å². The summed E-state index contributed by atoms with van der Waals surface area (Å²) in [4.78, 5) is 0. The second-order valence-electron chi connectivity index (χ2n) is 5.26. The number of aliphatic hydroxyl groups is 1. The van der Waals surface area contributed by atoms with E-state index < -0.39 is 6.04 Å². The lowest BCUT2D eigenvalue weighted by Crippen LogP contribution is -2.25. The average molecular weight is 311 g/mol. The Kier molecular flexibility index (Phi) is 4.80. The molecule has 1 heterocycles. The van der Waals surface area contributed by atoms with Crippen molar-refractivity contribution in [2.24, 2.45) is 0 Å². The number of nitrogens with zero attached hydrogens (tertiary/aromatic N) is 2. The van der Waals surface area contributed by atoms with Crippen molar-refractivity contribution in [3.05, 3.63) is 83.9 Å². The smallest absolute Gasteiger partial charge is 0.128 e. The van der Waals surface area contributed by atoms with E-state index in [4.69, 9.17) is 0 Å².